The van der Waals surface area contributed by atoms with E-state index < -0.39 is 0 Å². The van der Waals surface area contributed by atoms with E-state index in [-0.39, 0.29) is 12.5 Å². The van der Waals surface area contributed by atoms with Crippen LogP contribution in [-0.4, -0.2) is 39.9 Å². The van der Waals surface area contributed by atoms with E-state index in [4.69, 9.17) is 25.8 Å². The smallest absolute Gasteiger partial charge is 0.246 e. The van der Waals surface area contributed by atoms with Gasteiger partial charge in [0.05, 0.1) is 20.3 Å². The Kier molecular flexibility index (Phi) is 7.25. The Bertz CT molecular complexity index is 412. The topological polar surface area (TPSA) is 56.8 Å². The van der Waals surface area contributed by atoms with Crippen LogP contribution in [0, 0.1) is 0 Å². The molecule has 0 heterocycles. The highest BCUT2D eigenvalue weighted by molar-refractivity contribution is 6.31. The number of rotatable bonds is 8. The maximum absolute atomic E-state index is 11.5. The van der Waals surface area contributed by atoms with Crippen molar-refractivity contribution in [3.63, 3.8) is 0 Å². The van der Waals surface area contributed by atoms with Crippen LogP contribution in [0.15, 0.2) is 18.2 Å². The number of carbonyl (C=O) groups is 1. The van der Waals surface area contributed by atoms with Crippen molar-refractivity contribution in [2.24, 2.45) is 0 Å². The molecule has 1 N–H and O–H groups in total. The number of carbonyl (C=O) groups excluding carboxylic acids is 1. The van der Waals surface area contributed by atoms with E-state index in [2.05, 4.69) is 5.32 Å². The third-order valence-electron chi connectivity index (χ3n) is 2.42. The Hall–Kier alpha value is -1.30. The molecule has 0 aliphatic carbocycles. The fourth-order valence-corrected chi connectivity index (χ4v) is 1.68. The minimum absolute atomic E-state index is 0.00384. The summed E-state index contributed by atoms with van der Waals surface area (Å²) in [6.07, 6.45) is 0. The quantitative estimate of drug-likeness (QED) is 0.738. The van der Waals surface area contributed by atoms with Crippen LogP contribution in [0.4, 0.5) is 0 Å². The number of hydrogen-bond acceptors (Lipinski definition) is 4. The first-order valence-electron chi connectivity index (χ1n) is 5.83. The second kappa shape index (κ2) is 8.74. The molecule has 1 aromatic rings. The summed E-state index contributed by atoms with van der Waals surface area (Å²) >= 11 is 6.06. The van der Waals surface area contributed by atoms with Gasteiger partial charge in [-0.1, -0.05) is 17.7 Å². The normalized spacial score (nSPS) is 10.3. The molecule has 0 spiro atoms. The molecule has 1 amide bonds. The van der Waals surface area contributed by atoms with E-state index in [0.717, 1.165) is 5.56 Å². The largest absolute Gasteiger partial charge is 0.496 e. The average Bonchev–Trinajstić information content (AvgIpc) is 2.42. The zero-order valence-electron chi connectivity index (χ0n) is 11.1. The summed E-state index contributed by atoms with van der Waals surface area (Å²) in [6, 6.07) is 5.34. The van der Waals surface area contributed by atoms with Crippen LogP contribution in [0.1, 0.15) is 5.56 Å². The number of methoxy groups -OCH3 is 2. The van der Waals surface area contributed by atoms with E-state index in [1.807, 2.05) is 0 Å². The number of benzene rings is 1. The number of hydrogen-bond donors (Lipinski definition) is 1. The molecule has 1 aromatic carbocycles. The number of ether oxygens (including phenoxy) is 3. The van der Waals surface area contributed by atoms with Crippen molar-refractivity contribution in [3.05, 3.63) is 28.8 Å². The van der Waals surface area contributed by atoms with E-state index in [1.165, 1.54) is 0 Å². The molecule has 6 heteroatoms. The van der Waals surface area contributed by atoms with E-state index in [0.29, 0.717) is 30.5 Å². The highest BCUT2D eigenvalue weighted by Crippen LogP contribution is 2.25. The van der Waals surface area contributed by atoms with Crippen molar-refractivity contribution < 1.29 is 19.0 Å². The van der Waals surface area contributed by atoms with Crippen LogP contribution in [0.2, 0.25) is 5.02 Å². The average molecular weight is 288 g/mol. The summed E-state index contributed by atoms with van der Waals surface area (Å²) in [6.45, 7) is 1.15. The van der Waals surface area contributed by atoms with Crippen molar-refractivity contribution >= 4 is 17.5 Å². The van der Waals surface area contributed by atoms with E-state index in [1.54, 1.807) is 32.4 Å². The second-order valence-electron chi connectivity index (χ2n) is 3.74. The molecule has 0 aliphatic heterocycles. The van der Waals surface area contributed by atoms with Gasteiger partial charge in [-0.05, 0) is 12.1 Å². The molecule has 0 saturated carbocycles. The van der Waals surface area contributed by atoms with Gasteiger partial charge in [-0.15, -0.1) is 0 Å². The van der Waals surface area contributed by atoms with Gasteiger partial charge in [0.1, 0.15) is 12.4 Å². The lowest BCUT2D eigenvalue weighted by atomic mass is 10.2. The van der Waals surface area contributed by atoms with Crippen molar-refractivity contribution in [2.75, 3.05) is 34.0 Å². The highest BCUT2D eigenvalue weighted by atomic mass is 35.5. The first-order chi connectivity index (χ1) is 9.19. The van der Waals surface area contributed by atoms with Gasteiger partial charge in [0.2, 0.25) is 5.91 Å². The molecule has 0 unspecified atom stereocenters. The Balaban J connectivity index is 2.42. The van der Waals surface area contributed by atoms with Crippen LogP contribution in [0.3, 0.4) is 0 Å². The Labute approximate surface area is 117 Å². The Morgan fingerprint density at radius 3 is 2.79 bits per heavy atom. The van der Waals surface area contributed by atoms with Gasteiger partial charge in [0.25, 0.3) is 0 Å². The number of halogens is 1. The predicted molar refractivity (Wildman–Crippen MR) is 72.5 cm³/mol. The third-order valence-corrected chi connectivity index (χ3v) is 2.78. The minimum Gasteiger partial charge on any atom is -0.496 e. The van der Waals surface area contributed by atoms with Gasteiger partial charge in [0, 0.05) is 24.2 Å². The van der Waals surface area contributed by atoms with Crippen molar-refractivity contribution in [3.8, 4) is 5.75 Å². The molecule has 0 fully saturated rings. The molecule has 0 bridgehead atoms. The fourth-order valence-electron chi connectivity index (χ4n) is 1.45. The first kappa shape index (κ1) is 15.8. The van der Waals surface area contributed by atoms with Gasteiger partial charge in [-0.2, -0.15) is 0 Å². The summed E-state index contributed by atoms with van der Waals surface area (Å²) in [7, 11) is 3.14. The van der Waals surface area contributed by atoms with Crippen molar-refractivity contribution in [1.29, 1.82) is 0 Å². The molecule has 0 radical (unpaired) electrons. The van der Waals surface area contributed by atoms with Crippen LogP contribution in [0.5, 0.6) is 5.75 Å². The summed E-state index contributed by atoms with van der Waals surface area (Å²) in [5.41, 5.74) is 0.747. The van der Waals surface area contributed by atoms with Gasteiger partial charge in [-0.25, -0.2) is 0 Å². The summed E-state index contributed by atoms with van der Waals surface area (Å²) in [5, 5.41) is 3.28. The van der Waals surface area contributed by atoms with Crippen molar-refractivity contribution in [2.45, 2.75) is 6.54 Å². The molecule has 0 aliphatic rings. The maximum Gasteiger partial charge on any atom is 0.246 e. The molecule has 106 valence electrons. The SMILES string of the molecule is COCCOCC(=O)NCc1c(Cl)cccc1OC. The van der Waals surface area contributed by atoms with Gasteiger partial charge in [0.15, 0.2) is 0 Å². The van der Waals surface area contributed by atoms with Crippen molar-refractivity contribution in [1.82, 2.24) is 5.32 Å². The summed E-state index contributed by atoms with van der Waals surface area (Å²) in [4.78, 5) is 11.5. The molecule has 0 atom stereocenters. The molecule has 1 rings (SSSR count). The molecule has 19 heavy (non-hydrogen) atoms. The second-order valence-corrected chi connectivity index (χ2v) is 4.15. The van der Waals surface area contributed by atoms with Gasteiger partial charge >= 0.3 is 0 Å². The maximum atomic E-state index is 11.5. The summed E-state index contributed by atoms with van der Waals surface area (Å²) < 4.78 is 15.1. The summed E-state index contributed by atoms with van der Waals surface area (Å²) in [5.74, 6) is 0.436. The van der Waals surface area contributed by atoms with Crippen LogP contribution in [0.25, 0.3) is 0 Å². The Morgan fingerprint density at radius 1 is 1.32 bits per heavy atom. The van der Waals surface area contributed by atoms with E-state index >= 15 is 0 Å². The number of nitrogens with one attached hydrogen (secondary N) is 1. The molecular formula is C13H18ClNO4. The lowest BCUT2D eigenvalue weighted by Gasteiger charge is -2.11. The first-order valence-corrected chi connectivity index (χ1v) is 6.21. The minimum atomic E-state index is -0.210. The molecule has 0 aromatic heterocycles. The van der Waals surface area contributed by atoms with Crippen LogP contribution >= 0.6 is 11.6 Å². The third kappa shape index (κ3) is 5.46. The number of amides is 1. The van der Waals surface area contributed by atoms with Gasteiger partial charge < -0.3 is 19.5 Å². The lowest BCUT2D eigenvalue weighted by molar-refractivity contribution is -0.126. The highest BCUT2D eigenvalue weighted by Gasteiger charge is 2.09. The molecular weight excluding hydrogens is 270 g/mol. The van der Waals surface area contributed by atoms with Crippen LogP contribution < -0.4 is 10.1 Å². The van der Waals surface area contributed by atoms with E-state index in [9.17, 15) is 4.79 Å². The zero-order chi connectivity index (χ0) is 14.1. The van der Waals surface area contributed by atoms with Crippen LogP contribution in [-0.2, 0) is 20.8 Å². The molecule has 0 saturated heterocycles. The lowest BCUT2D eigenvalue weighted by Crippen LogP contribution is -2.28. The Morgan fingerprint density at radius 2 is 2.11 bits per heavy atom. The van der Waals surface area contributed by atoms with Gasteiger partial charge in [-0.3, -0.25) is 4.79 Å². The fraction of sp³-hybridized carbons (Fsp3) is 0.462. The monoisotopic (exact) mass is 287 g/mol. The molecule has 5 nitrogen and oxygen atoms in total. The predicted octanol–water partition coefficient (Wildman–Crippen LogP) is 1.63. The standard InChI is InChI=1S/C13H18ClNO4/c1-17-6-7-19-9-13(16)15-8-10-11(14)4-3-5-12(10)18-2/h3-5H,6-9H2,1-2H3,(H,15,16). The zero-order valence-corrected chi connectivity index (χ0v) is 11.8.